The van der Waals surface area contributed by atoms with Crippen LogP contribution in [0.25, 0.3) is 10.1 Å². The van der Waals surface area contributed by atoms with Crippen LogP contribution in [0, 0.1) is 20.8 Å². The van der Waals surface area contributed by atoms with Gasteiger partial charge < -0.3 is 46.9 Å². The molecule has 5 aromatic rings. The Labute approximate surface area is 306 Å². The van der Waals surface area contributed by atoms with Gasteiger partial charge in [0.05, 0.1) is 21.9 Å². The number of fused-ring (bicyclic) bond motifs is 1. The number of thiophene rings is 1. The summed E-state index contributed by atoms with van der Waals surface area (Å²) in [4.78, 5) is 74.3. The van der Waals surface area contributed by atoms with Crippen LogP contribution in [0.4, 0.5) is 22.7 Å². The van der Waals surface area contributed by atoms with Gasteiger partial charge in [-0.2, -0.15) is 0 Å². The largest absolute Gasteiger partial charge is 0.370 e. The first-order valence-electron chi connectivity index (χ1n) is 15.9. The molecular formula is C34H37Cl2N9O5S. The number of nitrogens with one attached hydrogen (secondary N) is 7. The number of alkyl halides is 2. The number of amides is 5. The molecule has 268 valence electrons. The predicted molar refractivity (Wildman–Crippen MR) is 202 cm³/mol. The molecule has 0 radical (unpaired) electrons. The van der Waals surface area contributed by atoms with Crippen LogP contribution in [-0.2, 0) is 4.79 Å². The van der Waals surface area contributed by atoms with Crippen LogP contribution < -0.4 is 31.9 Å². The van der Waals surface area contributed by atoms with E-state index in [4.69, 9.17) is 28.9 Å². The molecule has 0 aliphatic heterocycles. The molecule has 5 rings (SSSR count). The zero-order chi connectivity index (χ0) is 36.8. The van der Waals surface area contributed by atoms with E-state index >= 15 is 0 Å². The van der Waals surface area contributed by atoms with Crippen molar-refractivity contribution in [2.75, 3.05) is 52.2 Å². The molecule has 1 aromatic carbocycles. The van der Waals surface area contributed by atoms with E-state index < -0.39 is 23.6 Å². The lowest BCUT2D eigenvalue weighted by Crippen LogP contribution is -2.28. The minimum atomic E-state index is -0.534. The Morgan fingerprint density at radius 3 is 1.71 bits per heavy atom. The van der Waals surface area contributed by atoms with Gasteiger partial charge in [0.15, 0.2) is 0 Å². The average Bonchev–Trinajstić information content (AvgIpc) is 3.87. The number of aromatic amines is 3. The molecular weight excluding hydrogens is 717 g/mol. The lowest BCUT2D eigenvalue weighted by molar-refractivity contribution is -0.117. The third-order valence-corrected chi connectivity index (χ3v) is 9.75. The van der Waals surface area contributed by atoms with Crippen LogP contribution in [0.2, 0.25) is 0 Å². The fraction of sp³-hybridized carbons (Fsp3) is 0.265. The van der Waals surface area contributed by atoms with Gasteiger partial charge in [0.2, 0.25) is 5.91 Å². The van der Waals surface area contributed by atoms with Crippen molar-refractivity contribution in [1.82, 2.24) is 20.3 Å². The second-order valence-corrected chi connectivity index (χ2v) is 13.5. The van der Waals surface area contributed by atoms with E-state index in [1.165, 1.54) is 23.7 Å². The molecule has 0 aliphatic carbocycles. The highest BCUT2D eigenvalue weighted by Gasteiger charge is 2.22. The molecule has 0 fully saturated rings. The van der Waals surface area contributed by atoms with Gasteiger partial charge in [-0.15, -0.1) is 34.5 Å². The number of primary amides is 1. The van der Waals surface area contributed by atoms with Crippen molar-refractivity contribution in [3.63, 3.8) is 0 Å². The van der Waals surface area contributed by atoms with Gasteiger partial charge in [0, 0.05) is 83.5 Å². The number of rotatable bonds is 15. The van der Waals surface area contributed by atoms with Gasteiger partial charge in [-0.05, 0) is 50.4 Å². The molecule has 0 unspecified atom stereocenters. The van der Waals surface area contributed by atoms with E-state index in [9.17, 15) is 24.0 Å². The summed E-state index contributed by atoms with van der Waals surface area (Å²) in [6.45, 7) is 6.45. The Bertz CT molecular complexity index is 2110. The second kappa shape index (κ2) is 16.2. The van der Waals surface area contributed by atoms with Gasteiger partial charge in [-0.3, -0.25) is 24.0 Å². The molecule has 0 saturated heterocycles. The first kappa shape index (κ1) is 37.0. The zero-order valence-electron chi connectivity index (χ0n) is 28.0. The van der Waals surface area contributed by atoms with Crippen LogP contribution in [0.3, 0.4) is 0 Å². The minimum absolute atomic E-state index is 0.00159. The van der Waals surface area contributed by atoms with Crippen LogP contribution in [0.5, 0.6) is 0 Å². The standard InChI is InChI=1S/C34H37Cl2N9O5S/c1-17-23(15-39-28(17)32(48)38-9-6-27(37)46)43-34(50)30-19(3)24(16-41-30)44-33(49)29-18(2)22(14-40-29)42-31(47)26-13-20-12-21(4-5-25(20)51-26)45(10-7-35)11-8-36/h4-5,12-16,39-41H,6-11H2,1-3H3,(H2,37,46)(H,38,48)(H,42,47)(H,43,50)(H,44,49). The number of hydrogen-bond acceptors (Lipinski definition) is 7. The second-order valence-electron chi connectivity index (χ2n) is 11.6. The molecule has 5 amide bonds. The maximum absolute atomic E-state index is 13.3. The number of benzene rings is 1. The molecule has 9 N–H and O–H groups in total. The number of anilines is 4. The number of nitrogens with two attached hydrogens (primary N) is 1. The Balaban J connectivity index is 1.22. The lowest BCUT2D eigenvalue weighted by atomic mass is 10.2. The van der Waals surface area contributed by atoms with Crippen molar-refractivity contribution in [3.05, 3.63) is 81.5 Å². The summed E-state index contributed by atoms with van der Waals surface area (Å²) in [5.74, 6) is -1.31. The van der Waals surface area contributed by atoms with Crippen molar-refractivity contribution in [2.45, 2.75) is 27.2 Å². The summed E-state index contributed by atoms with van der Waals surface area (Å²) in [6, 6.07) is 7.80. The summed E-state index contributed by atoms with van der Waals surface area (Å²) < 4.78 is 0.954. The number of hydrogen-bond donors (Lipinski definition) is 8. The summed E-state index contributed by atoms with van der Waals surface area (Å²) in [5, 5.41) is 12.0. The zero-order valence-corrected chi connectivity index (χ0v) is 30.3. The monoisotopic (exact) mass is 753 g/mol. The molecule has 0 bridgehead atoms. The Morgan fingerprint density at radius 2 is 1.22 bits per heavy atom. The van der Waals surface area contributed by atoms with Gasteiger partial charge in [0.25, 0.3) is 23.6 Å². The van der Waals surface area contributed by atoms with Crippen molar-refractivity contribution in [2.24, 2.45) is 5.73 Å². The molecule has 14 nitrogen and oxygen atoms in total. The summed E-state index contributed by atoms with van der Waals surface area (Å²) in [6.07, 6.45) is 4.54. The first-order valence-corrected chi connectivity index (χ1v) is 17.7. The van der Waals surface area contributed by atoms with Gasteiger partial charge in [-0.25, -0.2) is 0 Å². The van der Waals surface area contributed by atoms with Gasteiger partial charge >= 0.3 is 0 Å². The number of aromatic nitrogens is 3. The van der Waals surface area contributed by atoms with E-state index in [2.05, 4.69) is 41.1 Å². The smallest absolute Gasteiger partial charge is 0.272 e. The predicted octanol–water partition coefficient (Wildman–Crippen LogP) is 5.46. The van der Waals surface area contributed by atoms with Crippen LogP contribution in [0.1, 0.15) is 64.2 Å². The number of H-pyrrole nitrogens is 3. The van der Waals surface area contributed by atoms with Crippen LogP contribution in [0.15, 0.2) is 42.9 Å². The molecule has 51 heavy (non-hydrogen) atoms. The van der Waals surface area contributed by atoms with Crippen LogP contribution in [-0.4, -0.2) is 75.9 Å². The first-order chi connectivity index (χ1) is 24.4. The highest BCUT2D eigenvalue weighted by molar-refractivity contribution is 7.20. The van der Waals surface area contributed by atoms with E-state index in [0.717, 1.165) is 15.8 Å². The molecule has 0 spiro atoms. The molecule has 17 heteroatoms. The van der Waals surface area contributed by atoms with Gasteiger partial charge in [-0.1, -0.05) is 0 Å². The number of halogens is 2. The fourth-order valence-electron chi connectivity index (χ4n) is 5.44. The molecule has 4 heterocycles. The summed E-state index contributed by atoms with van der Waals surface area (Å²) in [5.41, 5.74) is 9.49. The quantitative estimate of drug-likeness (QED) is 0.0651. The number of carbonyl (C=O) groups is 5. The third kappa shape index (κ3) is 8.39. The minimum Gasteiger partial charge on any atom is -0.370 e. The molecule has 0 atom stereocenters. The molecule has 0 saturated carbocycles. The topological polar surface area (TPSA) is 210 Å². The number of carbonyl (C=O) groups excluding carboxylic acids is 5. The Hall–Kier alpha value is -5.25. The van der Waals surface area contributed by atoms with E-state index in [1.54, 1.807) is 27.0 Å². The van der Waals surface area contributed by atoms with E-state index in [0.29, 0.717) is 63.5 Å². The van der Waals surface area contributed by atoms with Crippen molar-refractivity contribution < 1.29 is 24.0 Å². The van der Waals surface area contributed by atoms with Crippen molar-refractivity contribution in [1.29, 1.82) is 0 Å². The normalized spacial score (nSPS) is 11.0. The van der Waals surface area contributed by atoms with Crippen molar-refractivity contribution >= 4 is 96.9 Å². The molecule has 0 aliphatic rings. The van der Waals surface area contributed by atoms with E-state index in [-0.39, 0.29) is 36.0 Å². The maximum atomic E-state index is 13.3. The van der Waals surface area contributed by atoms with Crippen molar-refractivity contribution in [3.8, 4) is 0 Å². The van der Waals surface area contributed by atoms with E-state index in [1.807, 2.05) is 24.3 Å². The Kier molecular flexibility index (Phi) is 11.7. The van der Waals surface area contributed by atoms with Gasteiger partial charge in [0.1, 0.15) is 17.1 Å². The molecule has 4 aromatic heterocycles. The Morgan fingerprint density at radius 1 is 0.725 bits per heavy atom. The lowest BCUT2D eigenvalue weighted by Gasteiger charge is -2.22. The highest BCUT2D eigenvalue weighted by atomic mass is 35.5. The highest BCUT2D eigenvalue weighted by Crippen LogP contribution is 2.31. The van der Waals surface area contributed by atoms with Crippen LogP contribution >= 0.6 is 34.5 Å². The maximum Gasteiger partial charge on any atom is 0.272 e. The summed E-state index contributed by atoms with van der Waals surface area (Å²) in [7, 11) is 0. The average molecular weight is 755 g/mol. The number of nitrogens with zero attached hydrogens (tertiary/aromatic N) is 1. The summed E-state index contributed by atoms with van der Waals surface area (Å²) >= 11 is 13.3. The fourth-order valence-corrected chi connectivity index (χ4v) is 6.78. The third-order valence-electron chi connectivity index (χ3n) is 8.30. The SMILES string of the molecule is Cc1c(NC(=O)c2cc3cc(N(CCCl)CCCl)ccc3s2)c[nH]c1C(=O)Nc1c[nH]c(C(=O)Nc2c[nH]c(C(=O)NCCC(N)=O)c2C)c1C.